The van der Waals surface area contributed by atoms with E-state index in [1.165, 1.54) is 19.1 Å². The summed E-state index contributed by atoms with van der Waals surface area (Å²) in [6.45, 7) is 1.42. The van der Waals surface area contributed by atoms with Crippen LogP contribution in [-0.4, -0.2) is 11.9 Å². The molecule has 1 unspecified atom stereocenters. The van der Waals surface area contributed by atoms with E-state index < -0.39 is 29.1 Å². The highest BCUT2D eigenvalue weighted by molar-refractivity contribution is 9.10. The molecular formula is C15H10BrClF2O2. The van der Waals surface area contributed by atoms with Crippen LogP contribution in [0.5, 0.6) is 5.75 Å². The summed E-state index contributed by atoms with van der Waals surface area (Å²) in [4.78, 5) is 12.2. The molecule has 0 aromatic heterocycles. The minimum atomic E-state index is -1.05. The number of ether oxygens (including phenoxy) is 1. The Bertz CT molecular complexity index is 691. The third-order valence-corrected chi connectivity index (χ3v) is 3.62. The summed E-state index contributed by atoms with van der Waals surface area (Å²) in [5.41, 5.74) is -0.626. The van der Waals surface area contributed by atoms with Crippen LogP contribution in [0.25, 0.3) is 0 Å². The average Bonchev–Trinajstić information content (AvgIpc) is 2.43. The molecule has 0 amide bonds. The molecule has 0 aliphatic heterocycles. The van der Waals surface area contributed by atoms with Gasteiger partial charge in [-0.1, -0.05) is 17.7 Å². The van der Waals surface area contributed by atoms with Crippen molar-refractivity contribution in [3.05, 3.63) is 63.1 Å². The molecule has 2 aromatic carbocycles. The summed E-state index contributed by atoms with van der Waals surface area (Å²) < 4.78 is 33.0. The molecule has 110 valence electrons. The monoisotopic (exact) mass is 374 g/mol. The van der Waals surface area contributed by atoms with E-state index in [1.54, 1.807) is 18.2 Å². The Hall–Kier alpha value is -1.46. The zero-order chi connectivity index (χ0) is 15.6. The fourth-order valence-electron chi connectivity index (χ4n) is 1.75. The zero-order valence-electron chi connectivity index (χ0n) is 10.9. The van der Waals surface area contributed by atoms with Gasteiger partial charge in [-0.2, -0.15) is 0 Å². The van der Waals surface area contributed by atoms with Gasteiger partial charge in [0.25, 0.3) is 0 Å². The van der Waals surface area contributed by atoms with Gasteiger partial charge in [0.15, 0.2) is 11.9 Å². The van der Waals surface area contributed by atoms with Crippen LogP contribution in [0.3, 0.4) is 0 Å². The Kier molecular flexibility index (Phi) is 4.96. The van der Waals surface area contributed by atoms with Gasteiger partial charge in [0.05, 0.1) is 10.0 Å². The van der Waals surface area contributed by atoms with Crippen molar-refractivity contribution in [1.29, 1.82) is 0 Å². The minimum Gasteiger partial charge on any atom is -0.483 e. The van der Waals surface area contributed by atoms with Crippen LogP contribution in [0.15, 0.2) is 40.9 Å². The lowest BCUT2D eigenvalue weighted by Crippen LogP contribution is -2.26. The van der Waals surface area contributed by atoms with E-state index in [2.05, 4.69) is 15.9 Å². The van der Waals surface area contributed by atoms with Crippen LogP contribution < -0.4 is 4.74 Å². The van der Waals surface area contributed by atoms with E-state index >= 15 is 0 Å². The van der Waals surface area contributed by atoms with Crippen LogP contribution in [-0.2, 0) is 0 Å². The summed E-state index contributed by atoms with van der Waals surface area (Å²) >= 11 is 8.73. The lowest BCUT2D eigenvalue weighted by atomic mass is 10.1. The molecule has 0 spiro atoms. The normalized spacial score (nSPS) is 12.0. The zero-order valence-corrected chi connectivity index (χ0v) is 13.2. The van der Waals surface area contributed by atoms with Crippen LogP contribution in [0.1, 0.15) is 17.3 Å². The fourth-order valence-corrected chi connectivity index (χ4v) is 2.26. The van der Waals surface area contributed by atoms with Gasteiger partial charge in [0, 0.05) is 5.02 Å². The first kappa shape index (κ1) is 15.9. The van der Waals surface area contributed by atoms with E-state index in [0.717, 1.165) is 6.07 Å². The molecule has 0 bridgehead atoms. The highest BCUT2D eigenvalue weighted by atomic mass is 79.9. The topological polar surface area (TPSA) is 26.3 Å². The maximum Gasteiger partial charge on any atom is 0.208 e. The van der Waals surface area contributed by atoms with Crippen LogP contribution >= 0.6 is 27.5 Å². The number of hydrogen-bond acceptors (Lipinski definition) is 2. The van der Waals surface area contributed by atoms with Crippen molar-refractivity contribution in [3.63, 3.8) is 0 Å². The molecule has 1 atom stereocenters. The smallest absolute Gasteiger partial charge is 0.208 e. The quantitative estimate of drug-likeness (QED) is 0.553. The third-order valence-electron chi connectivity index (χ3n) is 2.77. The molecule has 0 radical (unpaired) electrons. The third kappa shape index (κ3) is 3.60. The molecule has 0 heterocycles. The van der Waals surface area contributed by atoms with Crippen LogP contribution in [0.2, 0.25) is 5.02 Å². The predicted molar refractivity (Wildman–Crippen MR) is 79.9 cm³/mol. The summed E-state index contributed by atoms with van der Waals surface area (Å²) in [6.07, 6.45) is -1.05. The molecule has 0 saturated heterocycles. The summed E-state index contributed by atoms with van der Waals surface area (Å²) in [5.74, 6) is -2.31. The first-order chi connectivity index (χ1) is 9.90. The van der Waals surface area contributed by atoms with Crippen molar-refractivity contribution in [2.24, 2.45) is 0 Å². The highest BCUT2D eigenvalue weighted by Gasteiger charge is 2.25. The number of hydrogen-bond donors (Lipinski definition) is 0. The van der Waals surface area contributed by atoms with Crippen molar-refractivity contribution < 1.29 is 18.3 Å². The maximum atomic E-state index is 13.9. The van der Waals surface area contributed by atoms with Gasteiger partial charge in [-0.05, 0) is 53.2 Å². The van der Waals surface area contributed by atoms with E-state index in [-0.39, 0.29) is 4.47 Å². The Morgan fingerprint density at radius 3 is 2.67 bits per heavy atom. The van der Waals surface area contributed by atoms with Gasteiger partial charge in [-0.15, -0.1) is 0 Å². The van der Waals surface area contributed by atoms with Crippen molar-refractivity contribution in [2.45, 2.75) is 13.0 Å². The SMILES string of the molecule is CC(Oc1cccc(Cl)c1)C(=O)c1c(F)ccc(Br)c1F. The number of carbonyl (C=O) groups is 1. The second-order valence-corrected chi connectivity index (χ2v) is 5.59. The molecular weight excluding hydrogens is 366 g/mol. The number of benzene rings is 2. The van der Waals surface area contributed by atoms with Crippen molar-refractivity contribution in [1.82, 2.24) is 0 Å². The summed E-state index contributed by atoms with van der Waals surface area (Å²) in [7, 11) is 0. The molecule has 0 saturated carbocycles. The largest absolute Gasteiger partial charge is 0.483 e. The van der Waals surface area contributed by atoms with Gasteiger partial charge < -0.3 is 4.74 Å². The Morgan fingerprint density at radius 1 is 1.29 bits per heavy atom. The standard InChI is InChI=1S/C15H10BrClF2O2/c1-8(21-10-4-2-3-9(17)7-10)15(20)13-12(18)6-5-11(16)14(13)19/h2-8H,1H3. The number of ketones is 1. The van der Waals surface area contributed by atoms with E-state index in [4.69, 9.17) is 16.3 Å². The molecule has 2 aromatic rings. The van der Waals surface area contributed by atoms with Gasteiger partial charge >= 0.3 is 0 Å². The Balaban J connectivity index is 2.26. The van der Waals surface area contributed by atoms with Gasteiger partial charge in [-0.25, -0.2) is 8.78 Å². The second kappa shape index (κ2) is 6.54. The molecule has 21 heavy (non-hydrogen) atoms. The van der Waals surface area contributed by atoms with Crippen molar-refractivity contribution >= 4 is 33.3 Å². The number of carbonyl (C=O) groups excluding carboxylic acids is 1. The first-order valence-electron chi connectivity index (χ1n) is 6.00. The number of rotatable bonds is 4. The summed E-state index contributed by atoms with van der Waals surface area (Å²) in [6, 6.07) is 8.63. The molecule has 0 N–H and O–H groups in total. The Labute approximate surface area is 133 Å². The van der Waals surface area contributed by atoms with Crippen LogP contribution in [0, 0.1) is 11.6 Å². The van der Waals surface area contributed by atoms with E-state index in [1.807, 2.05) is 0 Å². The van der Waals surface area contributed by atoms with Crippen LogP contribution in [0.4, 0.5) is 8.78 Å². The average molecular weight is 376 g/mol. The van der Waals surface area contributed by atoms with E-state index in [0.29, 0.717) is 10.8 Å². The molecule has 2 rings (SSSR count). The van der Waals surface area contributed by atoms with Gasteiger partial charge in [0.1, 0.15) is 11.6 Å². The Morgan fingerprint density at radius 2 is 2.00 bits per heavy atom. The highest BCUT2D eigenvalue weighted by Crippen LogP contribution is 2.24. The van der Waals surface area contributed by atoms with E-state index in [9.17, 15) is 13.6 Å². The lowest BCUT2D eigenvalue weighted by Gasteiger charge is -2.15. The van der Waals surface area contributed by atoms with Crippen molar-refractivity contribution in [3.8, 4) is 5.75 Å². The number of Topliss-reactive ketones (excluding diaryl/α,β-unsaturated/α-hetero) is 1. The van der Waals surface area contributed by atoms with Gasteiger partial charge in [0.2, 0.25) is 5.78 Å². The maximum absolute atomic E-state index is 13.9. The lowest BCUT2D eigenvalue weighted by molar-refractivity contribution is 0.0809. The molecule has 0 aliphatic rings. The fraction of sp³-hybridized carbons (Fsp3) is 0.133. The molecule has 6 heteroatoms. The van der Waals surface area contributed by atoms with Crippen molar-refractivity contribution in [2.75, 3.05) is 0 Å². The predicted octanol–water partition coefficient (Wildman–Crippen LogP) is 5.03. The number of halogens is 4. The summed E-state index contributed by atoms with van der Waals surface area (Å²) in [5, 5.41) is 0.437. The molecule has 0 aliphatic carbocycles. The first-order valence-corrected chi connectivity index (χ1v) is 7.17. The molecule has 2 nitrogen and oxygen atoms in total. The minimum absolute atomic E-state index is 0.0159. The molecule has 0 fully saturated rings. The second-order valence-electron chi connectivity index (χ2n) is 4.30. The van der Waals surface area contributed by atoms with Gasteiger partial charge in [-0.3, -0.25) is 4.79 Å².